The first-order valence-electron chi connectivity index (χ1n) is 10.7. The largest absolute Gasteiger partial charge is 0.352 e. The monoisotopic (exact) mass is 484 g/mol. The Morgan fingerprint density at radius 2 is 1.88 bits per heavy atom. The molecule has 0 spiro atoms. The fourth-order valence-corrected chi connectivity index (χ4v) is 4.40. The van der Waals surface area contributed by atoms with Crippen LogP contribution in [0, 0.1) is 0 Å². The number of fused-ring (bicyclic) bond motifs is 1. The fourth-order valence-electron chi connectivity index (χ4n) is 3.29. The molecule has 0 aliphatic heterocycles. The molecule has 0 aliphatic rings. The zero-order valence-corrected chi connectivity index (χ0v) is 19.4. The van der Waals surface area contributed by atoms with E-state index in [1.54, 1.807) is 12.1 Å². The van der Waals surface area contributed by atoms with Gasteiger partial charge in [-0.3, -0.25) is 9.52 Å². The second-order valence-electron chi connectivity index (χ2n) is 8.00. The number of carbonyl (C=O) groups excluding carboxylic acids is 1. The number of H-pyrrole nitrogens is 2. The Kier molecular flexibility index (Phi) is 6.50. The summed E-state index contributed by atoms with van der Waals surface area (Å²) in [5.74, 6) is 0.899. The molecule has 0 bridgehead atoms. The summed E-state index contributed by atoms with van der Waals surface area (Å²) in [6.45, 7) is 4.29. The Bertz CT molecular complexity index is 1480. The SMILES string of the molecule is CC(C)c1noc(CCCNC(=O)c2ccccc2NS(=O)(=O)c2ccc3[nH]c(=O)[nH]c3c2)n1. The Morgan fingerprint density at radius 1 is 1.12 bits per heavy atom. The van der Waals surface area contributed by atoms with E-state index in [1.165, 1.54) is 30.3 Å². The predicted molar refractivity (Wildman–Crippen MR) is 125 cm³/mol. The number of rotatable bonds is 9. The van der Waals surface area contributed by atoms with Crippen molar-refractivity contribution in [2.24, 2.45) is 0 Å². The number of imidazole rings is 1. The first kappa shape index (κ1) is 23.2. The van der Waals surface area contributed by atoms with E-state index >= 15 is 0 Å². The van der Waals surface area contributed by atoms with Gasteiger partial charge < -0.3 is 19.8 Å². The normalized spacial score (nSPS) is 11.7. The van der Waals surface area contributed by atoms with Crippen LogP contribution in [0.5, 0.6) is 0 Å². The zero-order valence-electron chi connectivity index (χ0n) is 18.6. The van der Waals surface area contributed by atoms with Gasteiger partial charge in [0.2, 0.25) is 5.89 Å². The van der Waals surface area contributed by atoms with Crippen molar-refractivity contribution < 1.29 is 17.7 Å². The van der Waals surface area contributed by atoms with Gasteiger partial charge in [0.1, 0.15) is 0 Å². The third-order valence-electron chi connectivity index (χ3n) is 5.07. The van der Waals surface area contributed by atoms with Crippen molar-refractivity contribution in [3.63, 3.8) is 0 Å². The predicted octanol–water partition coefficient (Wildman–Crippen LogP) is 2.53. The lowest BCUT2D eigenvalue weighted by atomic mass is 10.1. The van der Waals surface area contributed by atoms with Crippen molar-refractivity contribution in [2.75, 3.05) is 11.3 Å². The average Bonchev–Trinajstić information content (AvgIpc) is 3.42. The number of benzene rings is 2. The topological polar surface area (TPSA) is 163 Å². The zero-order chi connectivity index (χ0) is 24.3. The summed E-state index contributed by atoms with van der Waals surface area (Å²) in [6.07, 6.45) is 1.09. The molecule has 4 N–H and O–H groups in total. The quantitative estimate of drug-likeness (QED) is 0.265. The van der Waals surface area contributed by atoms with Crippen molar-refractivity contribution >= 4 is 32.7 Å². The first-order chi connectivity index (χ1) is 16.2. The highest BCUT2D eigenvalue weighted by atomic mass is 32.2. The number of nitrogens with one attached hydrogen (secondary N) is 4. The van der Waals surface area contributed by atoms with Gasteiger partial charge in [0.15, 0.2) is 5.82 Å². The molecule has 2 aromatic carbocycles. The summed E-state index contributed by atoms with van der Waals surface area (Å²) < 4.78 is 33.5. The molecule has 34 heavy (non-hydrogen) atoms. The van der Waals surface area contributed by atoms with E-state index in [0.717, 1.165) is 0 Å². The molecule has 11 nitrogen and oxygen atoms in total. The lowest BCUT2D eigenvalue weighted by Crippen LogP contribution is -2.26. The molecule has 4 rings (SSSR count). The van der Waals surface area contributed by atoms with E-state index in [2.05, 4.69) is 30.1 Å². The fraction of sp³-hybridized carbons (Fsp3) is 0.273. The van der Waals surface area contributed by atoms with Crippen molar-refractivity contribution in [2.45, 2.75) is 37.5 Å². The maximum atomic E-state index is 12.9. The van der Waals surface area contributed by atoms with Gasteiger partial charge in [0, 0.05) is 18.9 Å². The molecule has 2 aromatic heterocycles. The third kappa shape index (κ3) is 5.17. The number of anilines is 1. The number of amides is 1. The summed E-state index contributed by atoms with van der Waals surface area (Å²) >= 11 is 0. The Balaban J connectivity index is 1.41. The van der Waals surface area contributed by atoms with Crippen LogP contribution in [-0.4, -0.2) is 41.0 Å². The summed E-state index contributed by atoms with van der Waals surface area (Å²) in [4.78, 5) is 33.5. The lowest BCUT2D eigenvalue weighted by Gasteiger charge is -2.13. The number of aromatic nitrogens is 4. The number of hydrogen-bond acceptors (Lipinski definition) is 7. The van der Waals surface area contributed by atoms with E-state index < -0.39 is 21.6 Å². The summed E-state index contributed by atoms with van der Waals surface area (Å²) in [5.41, 5.74) is 0.743. The van der Waals surface area contributed by atoms with Crippen LogP contribution in [0.25, 0.3) is 11.0 Å². The standard InChI is InChI=1S/C22H24N6O5S/c1-13(2)20-26-19(33-27-20)8-5-11-23-21(29)15-6-3-4-7-16(15)28-34(31,32)14-9-10-17-18(12-14)25-22(30)24-17/h3-4,6-7,9-10,12-13,28H,5,8,11H2,1-2H3,(H,23,29)(H2,24,25,30). The molecule has 12 heteroatoms. The maximum absolute atomic E-state index is 12.9. The van der Waals surface area contributed by atoms with Crippen LogP contribution in [0.4, 0.5) is 5.69 Å². The number of carbonyl (C=O) groups is 1. The molecule has 0 fully saturated rings. The second kappa shape index (κ2) is 9.51. The molecule has 0 saturated heterocycles. The highest BCUT2D eigenvalue weighted by Gasteiger charge is 2.19. The van der Waals surface area contributed by atoms with Gasteiger partial charge in [0.25, 0.3) is 15.9 Å². The smallest absolute Gasteiger partial charge is 0.323 e. The Morgan fingerprint density at radius 3 is 2.65 bits per heavy atom. The van der Waals surface area contributed by atoms with Crippen LogP contribution in [0.15, 0.2) is 56.7 Å². The van der Waals surface area contributed by atoms with Crippen LogP contribution in [-0.2, 0) is 16.4 Å². The number of nitrogens with zero attached hydrogens (tertiary/aromatic N) is 2. The second-order valence-corrected chi connectivity index (χ2v) is 9.68. The lowest BCUT2D eigenvalue weighted by molar-refractivity contribution is 0.0954. The van der Waals surface area contributed by atoms with Crippen molar-refractivity contribution in [3.8, 4) is 0 Å². The minimum atomic E-state index is -4.01. The molecular weight excluding hydrogens is 460 g/mol. The molecule has 2 heterocycles. The van der Waals surface area contributed by atoms with E-state index in [9.17, 15) is 18.0 Å². The molecule has 0 radical (unpaired) electrons. The van der Waals surface area contributed by atoms with Gasteiger partial charge >= 0.3 is 5.69 Å². The molecule has 0 saturated carbocycles. The number of hydrogen-bond donors (Lipinski definition) is 4. The number of aromatic amines is 2. The highest BCUT2D eigenvalue weighted by Crippen LogP contribution is 2.22. The van der Waals surface area contributed by atoms with Crippen molar-refractivity contribution in [1.29, 1.82) is 0 Å². The van der Waals surface area contributed by atoms with Gasteiger partial charge in [-0.05, 0) is 36.8 Å². The van der Waals surface area contributed by atoms with Crippen molar-refractivity contribution in [1.82, 2.24) is 25.4 Å². The number of sulfonamides is 1. The number of para-hydroxylation sites is 1. The van der Waals surface area contributed by atoms with Gasteiger partial charge in [-0.25, -0.2) is 13.2 Å². The number of aryl methyl sites for hydroxylation is 1. The summed E-state index contributed by atoms with van der Waals surface area (Å²) in [7, 11) is -4.01. The third-order valence-corrected chi connectivity index (χ3v) is 6.43. The summed E-state index contributed by atoms with van der Waals surface area (Å²) in [5, 5.41) is 6.69. The van der Waals surface area contributed by atoms with Crippen LogP contribution < -0.4 is 15.7 Å². The minimum absolute atomic E-state index is 0.0502. The molecule has 4 aromatic rings. The van der Waals surface area contributed by atoms with Crippen LogP contribution in [0.2, 0.25) is 0 Å². The van der Waals surface area contributed by atoms with Gasteiger partial charge in [-0.2, -0.15) is 4.98 Å². The van der Waals surface area contributed by atoms with Crippen LogP contribution in [0.1, 0.15) is 48.3 Å². The molecular formula is C22H24N6O5S. The van der Waals surface area contributed by atoms with E-state index in [-0.39, 0.29) is 22.1 Å². The van der Waals surface area contributed by atoms with Gasteiger partial charge in [-0.15, -0.1) is 0 Å². The Labute approximate surface area is 195 Å². The average molecular weight is 485 g/mol. The maximum Gasteiger partial charge on any atom is 0.323 e. The van der Waals surface area contributed by atoms with E-state index in [4.69, 9.17) is 4.52 Å². The van der Waals surface area contributed by atoms with Gasteiger partial charge in [0.05, 0.1) is 27.2 Å². The highest BCUT2D eigenvalue weighted by molar-refractivity contribution is 7.92. The molecule has 1 amide bonds. The van der Waals surface area contributed by atoms with Crippen LogP contribution >= 0.6 is 0 Å². The molecule has 0 atom stereocenters. The van der Waals surface area contributed by atoms with Crippen molar-refractivity contribution in [3.05, 3.63) is 70.2 Å². The molecule has 178 valence electrons. The summed E-state index contributed by atoms with van der Waals surface area (Å²) in [6, 6.07) is 10.5. The first-order valence-corrected chi connectivity index (χ1v) is 12.2. The van der Waals surface area contributed by atoms with Crippen LogP contribution in [0.3, 0.4) is 0 Å². The molecule has 0 unspecified atom stereocenters. The van der Waals surface area contributed by atoms with E-state index in [1.807, 2.05) is 13.8 Å². The Hall–Kier alpha value is -3.93. The van der Waals surface area contributed by atoms with E-state index in [0.29, 0.717) is 42.1 Å². The minimum Gasteiger partial charge on any atom is -0.352 e. The molecule has 0 aliphatic carbocycles. The van der Waals surface area contributed by atoms with Gasteiger partial charge in [-0.1, -0.05) is 31.1 Å².